The summed E-state index contributed by atoms with van der Waals surface area (Å²) in [5.74, 6) is 0.614. The van der Waals surface area contributed by atoms with Gasteiger partial charge >= 0.3 is 0 Å². The predicted octanol–water partition coefficient (Wildman–Crippen LogP) is -0.254. The Balaban J connectivity index is 2.78. The highest BCUT2D eigenvalue weighted by Gasteiger charge is 2.01. The van der Waals surface area contributed by atoms with Crippen LogP contribution < -0.4 is 5.56 Å². The van der Waals surface area contributed by atoms with Crippen molar-refractivity contribution in [2.45, 2.75) is 6.42 Å². The molecular formula is C9H12N4O. The van der Waals surface area contributed by atoms with Crippen molar-refractivity contribution >= 4 is 0 Å². The van der Waals surface area contributed by atoms with Gasteiger partial charge in [0.15, 0.2) is 0 Å². The van der Waals surface area contributed by atoms with E-state index in [1.165, 1.54) is 6.20 Å². The molecule has 0 atom stereocenters. The summed E-state index contributed by atoms with van der Waals surface area (Å²) in [6.07, 6.45) is 1.98. The topological polar surface area (TPSA) is 72.8 Å². The van der Waals surface area contributed by atoms with Crippen molar-refractivity contribution in [1.29, 1.82) is 5.26 Å². The summed E-state index contributed by atoms with van der Waals surface area (Å²) in [6.45, 7) is 0.814. The van der Waals surface area contributed by atoms with Crippen molar-refractivity contribution in [2.75, 3.05) is 20.6 Å². The Morgan fingerprint density at radius 3 is 2.86 bits per heavy atom. The number of nitrogens with one attached hydrogen (secondary N) is 1. The fourth-order valence-corrected chi connectivity index (χ4v) is 0.968. The second kappa shape index (κ2) is 4.53. The summed E-state index contributed by atoms with van der Waals surface area (Å²) in [5, 5.41) is 8.51. The molecule has 5 heteroatoms. The summed E-state index contributed by atoms with van der Waals surface area (Å²) in [7, 11) is 3.89. The number of hydrogen-bond acceptors (Lipinski definition) is 4. The Morgan fingerprint density at radius 2 is 2.36 bits per heavy atom. The van der Waals surface area contributed by atoms with Crippen molar-refractivity contribution in [3.05, 3.63) is 27.9 Å². The van der Waals surface area contributed by atoms with Gasteiger partial charge in [0.25, 0.3) is 5.56 Å². The molecule has 0 unspecified atom stereocenters. The van der Waals surface area contributed by atoms with Crippen LogP contribution in [0.2, 0.25) is 0 Å². The standard InChI is InChI=1S/C9H12N4O/c1-13(2)4-3-8-11-6-7(5-10)9(14)12-8/h6H,3-4H2,1-2H3,(H,11,12,14). The molecule has 0 amide bonds. The number of aromatic nitrogens is 2. The molecule has 0 saturated heterocycles. The van der Waals surface area contributed by atoms with Gasteiger partial charge in [0.05, 0.1) is 6.20 Å². The van der Waals surface area contributed by atoms with Crippen LogP contribution in [0.5, 0.6) is 0 Å². The van der Waals surface area contributed by atoms with E-state index in [1.54, 1.807) is 6.07 Å². The SMILES string of the molecule is CN(C)CCc1ncc(C#N)c(=O)[nH]1. The molecule has 14 heavy (non-hydrogen) atoms. The van der Waals surface area contributed by atoms with Crippen LogP contribution in [-0.4, -0.2) is 35.5 Å². The molecule has 0 radical (unpaired) electrons. The van der Waals surface area contributed by atoms with Gasteiger partial charge in [-0.05, 0) is 14.1 Å². The first-order chi connectivity index (χ1) is 6.63. The summed E-state index contributed by atoms with van der Waals surface area (Å²) < 4.78 is 0. The zero-order chi connectivity index (χ0) is 10.6. The monoisotopic (exact) mass is 192 g/mol. The lowest BCUT2D eigenvalue weighted by Gasteiger charge is -2.07. The van der Waals surface area contributed by atoms with Gasteiger partial charge in [0.2, 0.25) is 0 Å². The lowest BCUT2D eigenvalue weighted by molar-refractivity contribution is 0.409. The van der Waals surface area contributed by atoms with E-state index in [0.717, 1.165) is 6.54 Å². The molecule has 0 saturated carbocycles. The molecule has 1 N–H and O–H groups in total. The predicted molar refractivity (Wildman–Crippen MR) is 51.8 cm³/mol. The van der Waals surface area contributed by atoms with E-state index in [4.69, 9.17) is 5.26 Å². The minimum Gasteiger partial charge on any atom is -0.309 e. The van der Waals surface area contributed by atoms with Crippen LogP contribution in [0.3, 0.4) is 0 Å². The summed E-state index contributed by atoms with van der Waals surface area (Å²) in [5.41, 5.74) is -0.310. The number of likely N-dealkylation sites (N-methyl/N-ethyl adjacent to an activating group) is 1. The third kappa shape index (κ3) is 2.68. The van der Waals surface area contributed by atoms with Crippen LogP contribution in [-0.2, 0) is 6.42 Å². The average Bonchev–Trinajstić information content (AvgIpc) is 2.15. The van der Waals surface area contributed by atoms with Crippen molar-refractivity contribution in [1.82, 2.24) is 14.9 Å². The molecule has 0 aliphatic heterocycles. The van der Waals surface area contributed by atoms with E-state index in [-0.39, 0.29) is 11.1 Å². The fraction of sp³-hybridized carbons (Fsp3) is 0.444. The summed E-state index contributed by atoms with van der Waals surface area (Å²) >= 11 is 0. The van der Waals surface area contributed by atoms with Gasteiger partial charge in [-0.3, -0.25) is 4.79 Å². The maximum Gasteiger partial charge on any atom is 0.268 e. The quantitative estimate of drug-likeness (QED) is 0.716. The Labute approximate surface area is 82.0 Å². The van der Waals surface area contributed by atoms with Crippen LogP contribution in [0.25, 0.3) is 0 Å². The number of H-pyrrole nitrogens is 1. The second-order valence-corrected chi connectivity index (χ2v) is 3.24. The van der Waals surface area contributed by atoms with Gasteiger partial charge in [0.1, 0.15) is 17.5 Å². The zero-order valence-corrected chi connectivity index (χ0v) is 8.24. The lowest BCUT2D eigenvalue weighted by atomic mass is 10.3. The number of aromatic amines is 1. The molecule has 1 heterocycles. The van der Waals surface area contributed by atoms with Gasteiger partial charge in [-0.15, -0.1) is 0 Å². The third-order valence-electron chi connectivity index (χ3n) is 1.77. The second-order valence-electron chi connectivity index (χ2n) is 3.24. The van der Waals surface area contributed by atoms with E-state index in [2.05, 4.69) is 9.97 Å². The third-order valence-corrected chi connectivity index (χ3v) is 1.77. The molecule has 0 spiro atoms. The van der Waals surface area contributed by atoms with Crippen molar-refractivity contribution < 1.29 is 0 Å². The van der Waals surface area contributed by atoms with Crippen LogP contribution in [0.15, 0.2) is 11.0 Å². The number of nitriles is 1. The smallest absolute Gasteiger partial charge is 0.268 e. The Morgan fingerprint density at radius 1 is 1.64 bits per heavy atom. The molecular weight excluding hydrogens is 180 g/mol. The lowest BCUT2D eigenvalue weighted by Crippen LogP contribution is -2.20. The minimum atomic E-state index is -0.365. The van der Waals surface area contributed by atoms with E-state index in [9.17, 15) is 4.79 Å². The molecule has 0 aliphatic rings. The number of rotatable bonds is 3. The number of hydrogen-bond donors (Lipinski definition) is 1. The highest BCUT2D eigenvalue weighted by Crippen LogP contribution is 1.90. The average molecular weight is 192 g/mol. The van der Waals surface area contributed by atoms with Crippen molar-refractivity contribution in [3.63, 3.8) is 0 Å². The summed E-state index contributed by atoms with van der Waals surface area (Å²) in [4.78, 5) is 19.7. The first kappa shape index (κ1) is 10.4. The highest BCUT2D eigenvalue weighted by molar-refractivity contribution is 5.21. The molecule has 0 aromatic carbocycles. The molecule has 1 rings (SSSR count). The molecule has 5 nitrogen and oxygen atoms in total. The van der Waals surface area contributed by atoms with Gasteiger partial charge in [-0.25, -0.2) is 4.98 Å². The van der Waals surface area contributed by atoms with Crippen LogP contribution in [0, 0.1) is 11.3 Å². The largest absolute Gasteiger partial charge is 0.309 e. The fourth-order valence-electron chi connectivity index (χ4n) is 0.968. The maximum atomic E-state index is 11.2. The molecule has 0 aliphatic carbocycles. The van der Waals surface area contributed by atoms with E-state index in [0.29, 0.717) is 12.2 Å². The van der Waals surface area contributed by atoms with E-state index in [1.807, 2.05) is 19.0 Å². The van der Waals surface area contributed by atoms with E-state index < -0.39 is 0 Å². The minimum absolute atomic E-state index is 0.0543. The van der Waals surface area contributed by atoms with Gasteiger partial charge in [-0.1, -0.05) is 0 Å². The van der Waals surface area contributed by atoms with Gasteiger partial charge < -0.3 is 9.88 Å². The number of nitrogens with zero attached hydrogens (tertiary/aromatic N) is 3. The van der Waals surface area contributed by atoms with E-state index >= 15 is 0 Å². The van der Waals surface area contributed by atoms with Crippen LogP contribution >= 0.6 is 0 Å². The Hall–Kier alpha value is -1.67. The molecule has 0 bridgehead atoms. The maximum absolute atomic E-state index is 11.2. The van der Waals surface area contributed by atoms with Gasteiger partial charge in [-0.2, -0.15) is 5.26 Å². The van der Waals surface area contributed by atoms with Crippen molar-refractivity contribution in [2.24, 2.45) is 0 Å². The molecule has 0 fully saturated rings. The first-order valence-corrected chi connectivity index (χ1v) is 4.26. The Kier molecular flexibility index (Phi) is 3.37. The van der Waals surface area contributed by atoms with Crippen LogP contribution in [0.4, 0.5) is 0 Å². The molecule has 1 aromatic heterocycles. The van der Waals surface area contributed by atoms with Crippen LogP contribution in [0.1, 0.15) is 11.4 Å². The highest BCUT2D eigenvalue weighted by atomic mass is 16.1. The molecule has 1 aromatic rings. The zero-order valence-electron chi connectivity index (χ0n) is 8.24. The Bertz CT molecular complexity index is 402. The molecule has 74 valence electrons. The first-order valence-electron chi connectivity index (χ1n) is 4.26. The summed E-state index contributed by atoms with van der Waals surface area (Å²) in [6, 6.07) is 1.77. The van der Waals surface area contributed by atoms with Gasteiger partial charge in [0, 0.05) is 13.0 Å². The van der Waals surface area contributed by atoms with Crippen molar-refractivity contribution in [3.8, 4) is 6.07 Å². The normalized spacial score (nSPS) is 10.1.